The lowest BCUT2D eigenvalue weighted by molar-refractivity contribution is 0.0558. The third kappa shape index (κ3) is 2.84. The van der Waals surface area contributed by atoms with Gasteiger partial charge in [0.05, 0.1) is 5.69 Å². The van der Waals surface area contributed by atoms with E-state index >= 15 is 0 Å². The molecule has 0 fully saturated rings. The van der Waals surface area contributed by atoms with E-state index in [2.05, 4.69) is 0 Å². The Balaban J connectivity index is 2.40. The summed E-state index contributed by atoms with van der Waals surface area (Å²) >= 11 is 0. The van der Waals surface area contributed by atoms with Gasteiger partial charge in [0, 0.05) is 18.0 Å². The van der Waals surface area contributed by atoms with Crippen LogP contribution in [-0.2, 0) is 4.74 Å². The molecule has 4 nitrogen and oxygen atoms in total. The van der Waals surface area contributed by atoms with Crippen LogP contribution in [0.3, 0.4) is 0 Å². The summed E-state index contributed by atoms with van der Waals surface area (Å²) in [6, 6.07) is 7.09. The number of benzene rings is 1. The van der Waals surface area contributed by atoms with Crippen molar-refractivity contribution in [3.63, 3.8) is 0 Å². The Hall–Kier alpha value is -1.84. The van der Waals surface area contributed by atoms with E-state index in [4.69, 9.17) is 4.74 Å². The van der Waals surface area contributed by atoms with E-state index < -0.39 is 5.60 Å². The Kier molecular flexibility index (Phi) is 3.84. The highest BCUT2D eigenvalue weighted by Crippen LogP contribution is 2.33. The molecule has 0 saturated carbocycles. The quantitative estimate of drug-likeness (QED) is 0.783. The van der Waals surface area contributed by atoms with Crippen molar-refractivity contribution in [1.29, 1.82) is 0 Å². The van der Waals surface area contributed by atoms with Gasteiger partial charge in [0.1, 0.15) is 5.60 Å². The highest BCUT2D eigenvalue weighted by Gasteiger charge is 2.36. The molecular weight excluding hydrogens is 254 g/mol. The summed E-state index contributed by atoms with van der Waals surface area (Å²) in [4.78, 5) is 26.2. The average Bonchev–Trinajstić information content (AvgIpc) is 2.36. The first-order valence-electron chi connectivity index (χ1n) is 6.98. The van der Waals surface area contributed by atoms with Crippen molar-refractivity contribution >= 4 is 17.6 Å². The van der Waals surface area contributed by atoms with Crippen molar-refractivity contribution in [2.45, 2.75) is 52.2 Å². The predicted octanol–water partition coefficient (Wildman–Crippen LogP) is 3.79. The first-order valence-corrected chi connectivity index (χ1v) is 6.98. The third-order valence-electron chi connectivity index (χ3n) is 3.31. The summed E-state index contributed by atoms with van der Waals surface area (Å²) in [7, 11) is 0. The Labute approximate surface area is 119 Å². The summed E-state index contributed by atoms with van der Waals surface area (Å²) in [6.45, 7) is 7.50. The number of para-hydroxylation sites is 1. The third-order valence-corrected chi connectivity index (χ3v) is 3.31. The Morgan fingerprint density at radius 2 is 2.00 bits per heavy atom. The Morgan fingerprint density at radius 1 is 1.35 bits per heavy atom. The molecule has 0 radical (unpaired) electrons. The zero-order chi connectivity index (χ0) is 14.9. The maximum absolute atomic E-state index is 12.4. The van der Waals surface area contributed by atoms with E-state index in [0.29, 0.717) is 17.7 Å². The average molecular weight is 275 g/mol. The van der Waals surface area contributed by atoms with Gasteiger partial charge in [-0.15, -0.1) is 0 Å². The monoisotopic (exact) mass is 275 g/mol. The fraction of sp³-hybridized carbons (Fsp3) is 0.500. The molecule has 1 amide bonds. The number of ketones is 1. The minimum atomic E-state index is -0.550. The lowest BCUT2D eigenvalue weighted by atomic mass is 9.93. The van der Waals surface area contributed by atoms with Crippen LogP contribution in [0.4, 0.5) is 10.5 Å². The molecule has 1 aromatic rings. The molecule has 1 aromatic carbocycles. The van der Waals surface area contributed by atoms with Gasteiger partial charge in [-0.25, -0.2) is 4.79 Å². The Bertz CT molecular complexity index is 531. The molecule has 0 spiro atoms. The van der Waals surface area contributed by atoms with Gasteiger partial charge < -0.3 is 4.74 Å². The summed E-state index contributed by atoms with van der Waals surface area (Å²) in [6.07, 6.45) is 0.691. The number of anilines is 1. The van der Waals surface area contributed by atoms with Crippen LogP contribution in [0.2, 0.25) is 0 Å². The van der Waals surface area contributed by atoms with Crippen LogP contribution in [0.15, 0.2) is 24.3 Å². The highest BCUT2D eigenvalue weighted by atomic mass is 16.6. The van der Waals surface area contributed by atoms with Gasteiger partial charge in [0.2, 0.25) is 0 Å². The van der Waals surface area contributed by atoms with E-state index in [1.807, 2.05) is 39.8 Å². The number of carbonyl (C=O) groups excluding carboxylic acids is 2. The van der Waals surface area contributed by atoms with Crippen molar-refractivity contribution in [3.8, 4) is 0 Å². The molecule has 0 aliphatic carbocycles. The second-order valence-electron chi connectivity index (χ2n) is 6.06. The number of hydrogen-bond acceptors (Lipinski definition) is 3. The van der Waals surface area contributed by atoms with Gasteiger partial charge in [-0.05, 0) is 39.3 Å². The molecule has 1 atom stereocenters. The van der Waals surface area contributed by atoms with Gasteiger partial charge in [-0.1, -0.05) is 19.1 Å². The Morgan fingerprint density at radius 3 is 2.60 bits per heavy atom. The van der Waals surface area contributed by atoms with Crippen molar-refractivity contribution in [1.82, 2.24) is 0 Å². The summed E-state index contributed by atoms with van der Waals surface area (Å²) in [5.41, 5.74) is 0.707. The largest absolute Gasteiger partial charge is 0.443 e. The van der Waals surface area contributed by atoms with Crippen LogP contribution in [0.25, 0.3) is 0 Å². The molecule has 0 bridgehead atoms. The number of Topliss-reactive ketones (excluding diaryl/α,β-unsaturated/α-hetero) is 1. The summed E-state index contributed by atoms with van der Waals surface area (Å²) in [5.74, 6) is 0.0901. The van der Waals surface area contributed by atoms with Gasteiger partial charge >= 0.3 is 6.09 Å². The van der Waals surface area contributed by atoms with Crippen LogP contribution < -0.4 is 4.90 Å². The zero-order valence-electron chi connectivity index (χ0n) is 12.5. The van der Waals surface area contributed by atoms with E-state index in [0.717, 1.165) is 6.42 Å². The van der Waals surface area contributed by atoms with Crippen molar-refractivity contribution < 1.29 is 14.3 Å². The maximum Gasteiger partial charge on any atom is 0.415 e. The molecule has 0 aromatic heterocycles. The first kappa shape index (κ1) is 14.6. The highest BCUT2D eigenvalue weighted by molar-refractivity contribution is 6.08. The van der Waals surface area contributed by atoms with Gasteiger partial charge in [0.15, 0.2) is 5.78 Å². The van der Waals surface area contributed by atoms with Crippen LogP contribution in [-0.4, -0.2) is 23.5 Å². The molecule has 20 heavy (non-hydrogen) atoms. The fourth-order valence-corrected chi connectivity index (χ4v) is 2.42. The maximum atomic E-state index is 12.4. The molecule has 4 heteroatoms. The van der Waals surface area contributed by atoms with E-state index in [1.54, 1.807) is 17.0 Å². The summed E-state index contributed by atoms with van der Waals surface area (Å²) < 4.78 is 5.48. The predicted molar refractivity (Wildman–Crippen MR) is 78.2 cm³/mol. The molecule has 0 unspecified atom stereocenters. The van der Waals surface area contributed by atoms with Crippen LogP contribution in [0.1, 0.15) is 50.9 Å². The van der Waals surface area contributed by atoms with Gasteiger partial charge in [-0.2, -0.15) is 0 Å². The van der Waals surface area contributed by atoms with E-state index in [-0.39, 0.29) is 17.9 Å². The standard InChI is InChI=1S/C16H21NO3/c1-5-11-10-14(18)12-8-6-7-9-13(12)17(11)15(19)20-16(2,3)4/h6-9,11H,5,10H2,1-4H3/t11-/m0/s1. The number of nitrogens with zero attached hydrogens (tertiary/aromatic N) is 1. The first-order chi connectivity index (χ1) is 9.33. The molecule has 2 rings (SSSR count). The molecular formula is C16H21NO3. The zero-order valence-corrected chi connectivity index (χ0v) is 12.5. The van der Waals surface area contributed by atoms with E-state index in [1.165, 1.54) is 0 Å². The van der Waals surface area contributed by atoms with Crippen LogP contribution >= 0.6 is 0 Å². The SMILES string of the molecule is CC[C@H]1CC(=O)c2ccccc2N1C(=O)OC(C)(C)C. The molecule has 1 aliphatic heterocycles. The lowest BCUT2D eigenvalue weighted by Crippen LogP contribution is -2.47. The van der Waals surface area contributed by atoms with Gasteiger partial charge in [-0.3, -0.25) is 9.69 Å². The second-order valence-corrected chi connectivity index (χ2v) is 6.06. The minimum absolute atomic E-state index is 0.0901. The van der Waals surface area contributed by atoms with Gasteiger partial charge in [0.25, 0.3) is 0 Å². The number of carbonyl (C=O) groups is 2. The van der Waals surface area contributed by atoms with Crippen molar-refractivity contribution in [2.75, 3.05) is 4.90 Å². The number of ether oxygens (including phenoxy) is 1. The fourth-order valence-electron chi connectivity index (χ4n) is 2.42. The lowest BCUT2D eigenvalue weighted by Gasteiger charge is -2.36. The molecule has 108 valence electrons. The molecule has 0 N–H and O–H groups in total. The van der Waals surface area contributed by atoms with Crippen molar-refractivity contribution in [2.24, 2.45) is 0 Å². The smallest absolute Gasteiger partial charge is 0.415 e. The second kappa shape index (κ2) is 5.27. The summed E-state index contributed by atoms with van der Waals surface area (Å²) in [5, 5.41) is 0. The molecule has 1 heterocycles. The number of amides is 1. The normalized spacial score (nSPS) is 18.7. The van der Waals surface area contributed by atoms with Crippen LogP contribution in [0.5, 0.6) is 0 Å². The number of fused-ring (bicyclic) bond motifs is 1. The molecule has 0 saturated heterocycles. The number of hydrogen-bond donors (Lipinski definition) is 0. The molecule has 1 aliphatic rings. The van der Waals surface area contributed by atoms with Crippen LogP contribution in [0, 0.1) is 0 Å². The number of rotatable bonds is 1. The minimum Gasteiger partial charge on any atom is -0.443 e. The van der Waals surface area contributed by atoms with E-state index in [9.17, 15) is 9.59 Å². The topological polar surface area (TPSA) is 46.6 Å². The van der Waals surface area contributed by atoms with Crippen molar-refractivity contribution in [3.05, 3.63) is 29.8 Å².